The molecule has 3 heterocycles. The molecule has 2 saturated heterocycles. The number of piperidine rings is 1. The van der Waals surface area contributed by atoms with E-state index in [9.17, 15) is 9.59 Å². The van der Waals surface area contributed by atoms with E-state index in [0.29, 0.717) is 6.54 Å². The number of piperazine rings is 1. The van der Waals surface area contributed by atoms with Crippen molar-refractivity contribution in [3.05, 3.63) is 16.1 Å². The van der Waals surface area contributed by atoms with Gasteiger partial charge in [0.25, 0.3) is 0 Å². The highest BCUT2D eigenvalue weighted by molar-refractivity contribution is 7.09. The Morgan fingerprint density at radius 3 is 2.85 bits per heavy atom. The molecule has 0 radical (unpaired) electrons. The average Bonchev–Trinajstić information content (AvgIpc) is 2.86. The van der Waals surface area contributed by atoms with Gasteiger partial charge >= 0.3 is 0 Å². The van der Waals surface area contributed by atoms with E-state index in [1.54, 1.807) is 21.1 Å². The molecule has 2 unspecified atom stereocenters. The third-order valence-corrected chi connectivity index (χ3v) is 5.00. The molecule has 0 bridgehead atoms. The molecule has 20 heavy (non-hydrogen) atoms. The van der Waals surface area contributed by atoms with Gasteiger partial charge in [0, 0.05) is 11.9 Å². The quantitative estimate of drug-likeness (QED) is 0.831. The van der Waals surface area contributed by atoms with Crippen molar-refractivity contribution in [3.63, 3.8) is 0 Å². The van der Waals surface area contributed by atoms with Crippen LogP contribution in [0.4, 0.5) is 0 Å². The number of hydrogen-bond acceptors (Lipinski definition) is 4. The summed E-state index contributed by atoms with van der Waals surface area (Å²) in [5.41, 5.74) is 0.879. The van der Waals surface area contributed by atoms with Gasteiger partial charge in [-0.15, -0.1) is 11.3 Å². The maximum atomic E-state index is 12.6. The van der Waals surface area contributed by atoms with Crippen LogP contribution in [0.1, 0.15) is 36.9 Å². The molecule has 0 aromatic carbocycles. The Kier molecular flexibility index (Phi) is 3.50. The van der Waals surface area contributed by atoms with Gasteiger partial charge in [-0.2, -0.15) is 0 Å². The minimum Gasteiger partial charge on any atom is -0.329 e. The fourth-order valence-corrected chi connectivity index (χ4v) is 3.68. The van der Waals surface area contributed by atoms with Crippen LogP contribution in [0.2, 0.25) is 0 Å². The first-order valence-corrected chi connectivity index (χ1v) is 7.98. The summed E-state index contributed by atoms with van der Waals surface area (Å²) in [6.45, 7) is 4.94. The number of aromatic nitrogens is 1. The van der Waals surface area contributed by atoms with E-state index < -0.39 is 0 Å². The van der Waals surface area contributed by atoms with Gasteiger partial charge in [0.15, 0.2) is 0 Å². The molecule has 2 fully saturated rings. The molecule has 108 valence electrons. The first-order chi connectivity index (χ1) is 9.58. The lowest BCUT2D eigenvalue weighted by molar-refractivity contribution is -0.163. The standard InChI is InChI=1S/C14H19N3O2S/c1-9-13(18)16-6-4-3-5-12(16)14(19)17(9)7-11-8-20-10(2)15-11/h8-9,12H,3-7H2,1-2H3. The second kappa shape index (κ2) is 5.16. The minimum atomic E-state index is -0.376. The molecule has 0 N–H and O–H groups in total. The van der Waals surface area contributed by atoms with Gasteiger partial charge in [0.05, 0.1) is 17.2 Å². The number of rotatable bonds is 2. The summed E-state index contributed by atoms with van der Waals surface area (Å²) >= 11 is 1.57. The lowest BCUT2D eigenvalue weighted by Gasteiger charge is -2.45. The summed E-state index contributed by atoms with van der Waals surface area (Å²) in [4.78, 5) is 32.9. The van der Waals surface area contributed by atoms with Gasteiger partial charge in [-0.05, 0) is 33.1 Å². The van der Waals surface area contributed by atoms with Crippen molar-refractivity contribution in [1.82, 2.24) is 14.8 Å². The zero-order chi connectivity index (χ0) is 14.3. The number of thiazole rings is 1. The molecule has 1 aromatic heterocycles. The van der Waals surface area contributed by atoms with Crippen LogP contribution in [0.25, 0.3) is 0 Å². The molecule has 2 aliphatic rings. The zero-order valence-electron chi connectivity index (χ0n) is 11.8. The molecule has 0 aliphatic carbocycles. The maximum absolute atomic E-state index is 12.6. The fourth-order valence-electron chi connectivity index (χ4n) is 3.08. The third kappa shape index (κ3) is 2.22. The van der Waals surface area contributed by atoms with Crippen LogP contribution in [0.5, 0.6) is 0 Å². The number of nitrogens with zero attached hydrogens (tertiary/aromatic N) is 3. The van der Waals surface area contributed by atoms with Gasteiger partial charge in [0.2, 0.25) is 11.8 Å². The van der Waals surface area contributed by atoms with E-state index in [2.05, 4.69) is 4.98 Å². The van der Waals surface area contributed by atoms with Crippen molar-refractivity contribution in [2.24, 2.45) is 0 Å². The Balaban J connectivity index is 1.83. The first kappa shape index (κ1) is 13.5. The van der Waals surface area contributed by atoms with Crippen molar-refractivity contribution in [2.75, 3.05) is 6.54 Å². The van der Waals surface area contributed by atoms with Gasteiger partial charge in [-0.1, -0.05) is 0 Å². The second-order valence-electron chi connectivity index (χ2n) is 5.54. The van der Waals surface area contributed by atoms with Crippen LogP contribution >= 0.6 is 11.3 Å². The summed E-state index contributed by atoms with van der Waals surface area (Å²) in [6.07, 6.45) is 2.83. The average molecular weight is 293 g/mol. The lowest BCUT2D eigenvalue weighted by atomic mass is 9.95. The number of hydrogen-bond donors (Lipinski definition) is 0. The smallest absolute Gasteiger partial charge is 0.246 e. The molecule has 2 atom stereocenters. The maximum Gasteiger partial charge on any atom is 0.246 e. The highest BCUT2D eigenvalue weighted by Gasteiger charge is 2.44. The zero-order valence-corrected chi connectivity index (χ0v) is 12.7. The van der Waals surface area contributed by atoms with Crippen molar-refractivity contribution < 1.29 is 9.59 Å². The van der Waals surface area contributed by atoms with Crippen molar-refractivity contribution in [1.29, 1.82) is 0 Å². The van der Waals surface area contributed by atoms with Crippen molar-refractivity contribution in [2.45, 2.75) is 51.7 Å². The van der Waals surface area contributed by atoms with E-state index in [1.807, 2.05) is 19.2 Å². The highest BCUT2D eigenvalue weighted by Crippen LogP contribution is 2.27. The summed E-state index contributed by atoms with van der Waals surface area (Å²) in [6, 6.07) is -0.619. The van der Waals surface area contributed by atoms with Gasteiger partial charge in [0.1, 0.15) is 12.1 Å². The molecule has 2 amide bonds. The Bertz CT molecular complexity index is 542. The Labute approximate surface area is 122 Å². The Hall–Kier alpha value is -1.43. The monoisotopic (exact) mass is 293 g/mol. The van der Waals surface area contributed by atoms with E-state index >= 15 is 0 Å². The molecule has 2 aliphatic heterocycles. The number of fused-ring (bicyclic) bond motifs is 1. The van der Waals surface area contributed by atoms with Crippen LogP contribution in [0.3, 0.4) is 0 Å². The van der Waals surface area contributed by atoms with Crippen molar-refractivity contribution in [3.8, 4) is 0 Å². The lowest BCUT2D eigenvalue weighted by Crippen LogP contribution is -2.64. The summed E-state index contributed by atoms with van der Waals surface area (Å²) in [5.74, 6) is 0.170. The Morgan fingerprint density at radius 2 is 2.15 bits per heavy atom. The van der Waals surface area contributed by atoms with Crippen LogP contribution in [-0.4, -0.2) is 45.2 Å². The molecular weight excluding hydrogens is 274 g/mol. The van der Waals surface area contributed by atoms with Gasteiger partial charge in [-0.3, -0.25) is 9.59 Å². The molecule has 5 nitrogen and oxygen atoms in total. The van der Waals surface area contributed by atoms with Gasteiger partial charge in [-0.25, -0.2) is 4.98 Å². The molecule has 1 aromatic rings. The summed E-state index contributed by atoms with van der Waals surface area (Å²) in [5, 5.41) is 2.95. The molecule has 6 heteroatoms. The van der Waals surface area contributed by atoms with E-state index in [-0.39, 0.29) is 23.9 Å². The first-order valence-electron chi connectivity index (χ1n) is 7.10. The minimum absolute atomic E-state index is 0.0845. The molecule has 0 saturated carbocycles. The molecule has 0 spiro atoms. The van der Waals surface area contributed by atoms with E-state index in [1.165, 1.54) is 0 Å². The summed E-state index contributed by atoms with van der Waals surface area (Å²) in [7, 11) is 0. The predicted molar refractivity (Wildman–Crippen MR) is 76.2 cm³/mol. The number of aryl methyl sites for hydroxylation is 1. The Morgan fingerprint density at radius 1 is 1.35 bits per heavy atom. The summed E-state index contributed by atoms with van der Waals surface area (Å²) < 4.78 is 0. The number of carbonyl (C=O) groups is 2. The normalized spacial score (nSPS) is 26.9. The van der Waals surface area contributed by atoms with E-state index in [0.717, 1.165) is 36.5 Å². The van der Waals surface area contributed by atoms with Gasteiger partial charge < -0.3 is 9.80 Å². The highest BCUT2D eigenvalue weighted by atomic mass is 32.1. The predicted octanol–water partition coefficient (Wildman–Crippen LogP) is 1.56. The fraction of sp³-hybridized carbons (Fsp3) is 0.643. The number of carbonyl (C=O) groups excluding carboxylic acids is 2. The molecule has 3 rings (SSSR count). The van der Waals surface area contributed by atoms with Crippen molar-refractivity contribution >= 4 is 23.2 Å². The van der Waals surface area contributed by atoms with Crippen LogP contribution in [0.15, 0.2) is 5.38 Å². The van der Waals surface area contributed by atoms with Crippen LogP contribution in [-0.2, 0) is 16.1 Å². The molecular formula is C14H19N3O2S. The van der Waals surface area contributed by atoms with Crippen LogP contribution in [0, 0.1) is 6.92 Å². The SMILES string of the molecule is Cc1nc(CN2C(=O)C3CCCCN3C(=O)C2C)cs1. The second-order valence-corrected chi connectivity index (χ2v) is 6.61. The third-order valence-electron chi connectivity index (χ3n) is 4.18. The largest absolute Gasteiger partial charge is 0.329 e. The number of amides is 2. The van der Waals surface area contributed by atoms with E-state index in [4.69, 9.17) is 0 Å². The van der Waals surface area contributed by atoms with Crippen LogP contribution < -0.4 is 0 Å². The topological polar surface area (TPSA) is 53.5 Å².